The first-order chi connectivity index (χ1) is 13.4. The second-order valence-electron chi connectivity index (χ2n) is 6.92. The third-order valence-corrected chi connectivity index (χ3v) is 5.04. The number of nitrogens with zero attached hydrogens (tertiary/aromatic N) is 6. The Hall–Kier alpha value is -2.91. The number of aromatic nitrogens is 5. The number of amides is 1. The molecule has 28 heavy (non-hydrogen) atoms. The van der Waals surface area contributed by atoms with Gasteiger partial charge in [-0.15, -0.1) is 5.10 Å². The van der Waals surface area contributed by atoms with Crippen molar-refractivity contribution in [2.75, 3.05) is 13.1 Å². The highest BCUT2D eigenvalue weighted by Crippen LogP contribution is 2.32. The molecule has 1 atom stereocenters. The van der Waals surface area contributed by atoms with Gasteiger partial charge in [-0.25, -0.2) is 9.67 Å². The van der Waals surface area contributed by atoms with Gasteiger partial charge in [-0.2, -0.15) is 13.2 Å². The molecule has 1 aromatic carbocycles. The minimum absolute atomic E-state index is 0.0437. The Bertz CT molecular complexity index is 966. The van der Waals surface area contributed by atoms with Crippen molar-refractivity contribution in [2.45, 2.75) is 38.0 Å². The van der Waals surface area contributed by atoms with Crippen molar-refractivity contribution in [1.82, 2.24) is 29.4 Å². The molecule has 2 aromatic heterocycles. The number of carbonyl (C=O) groups is 1. The molecule has 7 nitrogen and oxygen atoms in total. The molecule has 1 aliphatic heterocycles. The number of imidazole rings is 1. The number of hydrogen-bond donors (Lipinski definition) is 0. The summed E-state index contributed by atoms with van der Waals surface area (Å²) < 4.78 is 42.2. The molecule has 0 spiro atoms. The van der Waals surface area contributed by atoms with Crippen LogP contribution in [0.5, 0.6) is 0 Å². The summed E-state index contributed by atoms with van der Waals surface area (Å²) in [6.07, 6.45) is 2.71. The number of benzene rings is 1. The Morgan fingerprint density at radius 1 is 1.29 bits per heavy atom. The first-order valence-electron chi connectivity index (χ1n) is 9.07. The Balaban J connectivity index is 1.47. The number of hydrogen-bond acceptors (Lipinski definition) is 4. The van der Waals surface area contributed by atoms with Gasteiger partial charge in [0.2, 0.25) is 5.91 Å². The van der Waals surface area contributed by atoms with E-state index in [4.69, 9.17) is 0 Å². The summed E-state index contributed by atoms with van der Waals surface area (Å²) in [7, 11) is 0. The third-order valence-electron chi connectivity index (χ3n) is 5.04. The molecule has 1 amide bonds. The average molecular weight is 392 g/mol. The molecule has 1 fully saturated rings. The molecule has 148 valence electrons. The lowest BCUT2D eigenvalue weighted by atomic mass is 10.0. The summed E-state index contributed by atoms with van der Waals surface area (Å²) in [6, 6.07) is 3.35. The van der Waals surface area contributed by atoms with Gasteiger partial charge in [0.05, 0.1) is 23.4 Å². The molecule has 0 radical (unpaired) electrons. The van der Waals surface area contributed by atoms with Crippen LogP contribution in [-0.4, -0.2) is 48.4 Å². The molecular formula is C18H19F3N6O. The fourth-order valence-corrected chi connectivity index (χ4v) is 3.57. The van der Waals surface area contributed by atoms with Crippen LogP contribution in [0.25, 0.3) is 11.0 Å². The molecule has 0 aliphatic carbocycles. The summed E-state index contributed by atoms with van der Waals surface area (Å²) >= 11 is 0. The van der Waals surface area contributed by atoms with Crippen LogP contribution >= 0.6 is 0 Å². The van der Waals surface area contributed by atoms with Gasteiger partial charge in [-0.3, -0.25) is 4.79 Å². The van der Waals surface area contributed by atoms with Crippen molar-refractivity contribution in [3.05, 3.63) is 42.5 Å². The smallest absolute Gasteiger partial charge is 0.340 e. The summed E-state index contributed by atoms with van der Waals surface area (Å²) in [4.78, 5) is 18.3. The quantitative estimate of drug-likeness (QED) is 0.685. The number of halogens is 3. The molecule has 10 heteroatoms. The number of carbonyl (C=O) groups excluding carboxylic acids is 1. The van der Waals surface area contributed by atoms with E-state index in [1.165, 1.54) is 6.07 Å². The molecule has 3 aromatic rings. The van der Waals surface area contributed by atoms with Crippen LogP contribution < -0.4 is 0 Å². The second-order valence-corrected chi connectivity index (χ2v) is 6.92. The standard InChI is InChI=1S/C18H19F3N6O/c19-18(20,21)13-3-4-16-15(10-13)23-24-27(16)14-2-1-7-26(11-14)17(28)5-8-25-9-6-22-12-25/h3-4,6,9-10,12,14H,1-2,5,7-8,11H2. The van der Waals surface area contributed by atoms with Crippen molar-refractivity contribution in [3.63, 3.8) is 0 Å². The van der Waals surface area contributed by atoms with Crippen LogP contribution in [0.3, 0.4) is 0 Å². The first-order valence-corrected chi connectivity index (χ1v) is 9.07. The Morgan fingerprint density at radius 3 is 2.89 bits per heavy atom. The van der Waals surface area contributed by atoms with E-state index in [1.54, 1.807) is 22.1 Å². The van der Waals surface area contributed by atoms with Crippen molar-refractivity contribution in [3.8, 4) is 0 Å². The van der Waals surface area contributed by atoms with E-state index in [0.29, 0.717) is 31.6 Å². The maximum absolute atomic E-state index is 12.9. The normalized spacial score (nSPS) is 18.0. The fraction of sp³-hybridized carbons (Fsp3) is 0.444. The van der Waals surface area contributed by atoms with E-state index in [9.17, 15) is 18.0 Å². The lowest BCUT2D eigenvalue weighted by Gasteiger charge is -2.33. The zero-order valence-corrected chi connectivity index (χ0v) is 15.0. The van der Waals surface area contributed by atoms with Crippen molar-refractivity contribution in [1.29, 1.82) is 0 Å². The lowest BCUT2D eigenvalue weighted by molar-refractivity contribution is -0.137. The number of piperidine rings is 1. The third kappa shape index (κ3) is 3.71. The highest BCUT2D eigenvalue weighted by atomic mass is 19.4. The van der Waals surface area contributed by atoms with Gasteiger partial charge < -0.3 is 9.47 Å². The van der Waals surface area contributed by atoms with E-state index in [0.717, 1.165) is 25.0 Å². The van der Waals surface area contributed by atoms with Gasteiger partial charge >= 0.3 is 6.18 Å². The van der Waals surface area contributed by atoms with Crippen LogP contribution in [-0.2, 0) is 17.5 Å². The molecule has 1 saturated heterocycles. The van der Waals surface area contributed by atoms with E-state index in [2.05, 4.69) is 15.3 Å². The highest BCUT2D eigenvalue weighted by molar-refractivity contribution is 5.77. The lowest BCUT2D eigenvalue weighted by Crippen LogP contribution is -2.41. The highest BCUT2D eigenvalue weighted by Gasteiger charge is 2.32. The molecule has 0 bridgehead atoms. The van der Waals surface area contributed by atoms with Gasteiger partial charge in [0.25, 0.3) is 0 Å². The summed E-state index contributed by atoms with van der Waals surface area (Å²) in [5.41, 5.74) is 0.0103. The van der Waals surface area contributed by atoms with Gasteiger partial charge in [-0.05, 0) is 31.0 Å². The van der Waals surface area contributed by atoms with Crippen LogP contribution in [0.4, 0.5) is 13.2 Å². The van der Waals surface area contributed by atoms with Crippen molar-refractivity contribution in [2.24, 2.45) is 0 Å². The van der Waals surface area contributed by atoms with Gasteiger partial charge in [0, 0.05) is 38.4 Å². The monoisotopic (exact) mass is 392 g/mol. The molecule has 4 rings (SSSR count). The van der Waals surface area contributed by atoms with Gasteiger partial charge in [0.1, 0.15) is 5.52 Å². The molecule has 1 aliphatic rings. The van der Waals surface area contributed by atoms with Crippen LogP contribution in [0.2, 0.25) is 0 Å². The Kier molecular flexibility index (Phi) is 4.78. The van der Waals surface area contributed by atoms with Gasteiger partial charge in [-0.1, -0.05) is 5.21 Å². The molecule has 0 N–H and O–H groups in total. The first kappa shape index (κ1) is 18.5. The number of fused-ring (bicyclic) bond motifs is 1. The zero-order chi connectivity index (χ0) is 19.7. The SMILES string of the molecule is O=C(CCn1ccnc1)N1CCCC(n2nnc3cc(C(F)(F)F)ccc32)C1. The largest absolute Gasteiger partial charge is 0.416 e. The molecular weight excluding hydrogens is 373 g/mol. The zero-order valence-electron chi connectivity index (χ0n) is 15.0. The van der Waals surface area contributed by atoms with E-state index in [-0.39, 0.29) is 17.5 Å². The predicted molar refractivity (Wildman–Crippen MR) is 94.2 cm³/mol. The van der Waals surface area contributed by atoms with Crippen LogP contribution in [0.1, 0.15) is 30.9 Å². The topological polar surface area (TPSA) is 68.8 Å². The minimum Gasteiger partial charge on any atom is -0.340 e. The Morgan fingerprint density at radius 2 is 2.14 bits per heavy atom. The number of likely N-dealkylation sites (tertiary alicyclic amines) is 1. The molecule has 0 saturated carbocycles. The second kappa shape index (κ2) is 7.25. The number of aryl methyl sites for hydroxylation is 1. The van der Waals surface area contributed by atoms with Crippen LogP contribution in [0.15, 0.2) is 36.9 Å². The van der Waals surface area contributed by atoms with E-state index < -0.39 is 11.7 Å². The summed E-state index contributed by atoms with van der Waals surface area (Å²) in [5.74, 6) is 0.0437. The average Bonchev–Trinajstić information content (AvgIpc) is 3.34. The minimum atomic E-state index is -4.42. The summed E-state index contributed by atoms with van der Waals surface area (Å²) in [5, 5.41) is 7.98. The summed E-state index contributed by atoms with van der Waals surface area (Å²) in [6.45, 7) is 1.71. The Labute approximate surface area is 158 Å². The predicted octanol–water partition coefficient (Wildman–Crippen LogP) is 2.90. The maximum atomic E-state index is 12.9. The maximum Gasteiger partial charge on any atom is 0.416 e. The molecule has 3 heterocycles. The van der Waals surface area contributed by atoms with Gasteiger partial charge in [0.15, 0.2) is 0 Å². The van der Waals surface area contributed by atoms with Crippen molar-refractivity contribution >= 4 is 16.9 Å². The van der Waals surface area contributed by atoms with Crippen molar-refractivity contribution < 1.29 is 18.0 Å². The van der Waals surface area contributed by atoms with E-state index >= 15 is 0 Å². The number of alkyl halides is 3. The number of rotatable bonds is 4. The molecule has 1 unspecified atom stereocenters. The fourth-order valence-electron chi connectivity index (χ4n) is 3.57. The van der Waals surface area contributed by atoms with E-state index in [1.807, 2.05) is 10.8 Å². The van der Waals surface area contributed by atoms with Crippen LogP contribution in [0, 0.1) is 0 Å².